The van der Waals surface area contributed by atoms with Crippen LogP contribution in [0, 0.1) is 0 Å². The molecular weight excluding hydrogens is 382 g/mol. The molecule has 6 heteroatoms. The lowest BCUT2D eigenvalue weighted by atomic mass is 9.87. The quantitative estimate of drug-likeness (QED) is 0.614. The highest BCUT2D eigenvalue weighted by molar-refractivity contribution is 7.89. The average molecular weight is 410 g/mol. The van der Waals surface area contributed by atoms with Crippen LogP contribution in [0.2, 0.25) is 0 Å². The Balaban J connectivity index is 1.95. The van der Waals surface area contributed by atoms with Crippen LogP contribution < -0.4 is 5.73 Å². The van der Waals surface area contributed by atoms with Crippen molar-refractivity contribution >= 4 is 15.7 Å². The van der Waals surface area contributed by atoms with E-state index in [1.807, 2.05) is 42.5 Å². The molecule has 0 bridgehead atoms. The summed E-state index contributed by atoms with van der Waals surface area (Å²) < 4.78 is 28.3. The smallest absolute Gasteiger partial charge is 0.243 e. The summed E-state index contributed by atoms with van der Waals surface area (Å²) in [5.41, 5.74) is 9.01. The molecule has 0 aliphatic rings. The molecule has 2 aromatic carbocycles. The molecule has 1 aromatic heterocycles. The highest BCUT2D eigenvalue weighted by atomic mass is 32.2. The van der Waals surface area contributed by atoms with Gasteiger partial charge in [0.1, 0.15) is 0 Å². The van der Waals surface area contributed by atoms with Gasteiger partial charge in [0, 0.05) is 18.4 Å². The number of nitrogens with two attached hydrogens (primary N) is 1. The van der Waals surface area contributed by atoms with E-state index >= 15 is 0 Å². The first kappa shape index (κ1) is 21.0. The second-order valence-electron chi connectivity index (χ2n) is 8.11. The van der Waals surface area contributed by atoms with E-state index in [1.165, 1.54) is 4.31 Å². The molecule has 3 rings (SSSR count). The molecule has 0 spiro atoms. The van der Waals surface area contributed by atoms with Gasteiger partial charge in [-0.25, -0.2) is 8.42 Å². The number of nitrogen functional groups attached to an aromatic ring is 1. The van der Waals surface area contributed by atoms with E-state index in [4.69, 9.17) is 5.73 Å². The largest absolute Gasteiger partial charge is 0.399 e. The number of pyridine rings is 1. The normalized spacial score (nSPS) is 12.3. The maximum absolute atomic E-state index is 13.4. The van der Waals surface area contributed by atoms with Crippen molar-refractivity contribution in [2.45, 2.75) is 44.2 Å². The van der Waals surface area contributed by atoms with Crippen LogP contribution in [-0.4, -0.2) is 17.7 Å². The van der Waals surface area contributed by atoms with Gasteiger partial charge in [-0.3, -0.25) is 4.98 Å². The summed E-state index contributed by atoms with van der Waals surface area (Å²) in [6.45, 7) is 6.73. The summed E-state index contributed by atoms with van der Waals surface area (Å²) in [5.74, 6) is 0. The van der Waals surface area contributed by atoms with Crippen LogP contribution in [0.15, 0.2) is 77.8 Å². The zero-order chi connectivity index (χ0) is 21.1. The summed E-state index contributed by atoms with van der Waals surface area (Å²) >= 11 is 0. The van der Waals surface area contributed by atoms with Crippen molar-refractivity contribution in [1.29, 1.82) is 0 Å². The molecule has 0 saturated carbocycles. The maximum Gasteiger partial charge on any atom is 0.243 e. The van der Waals surface area contributed by atoms with Gasteiger partial charge in [-0.2, -0.15) is 4.31 Å². The van der Waals surface area contributed by atoms with Crippen molar-refractivity contribution in [3.05, 3.63) is 89.7 Å². The maximum atomic E-state index is 13.4. The molecule has 152 valence electrons. The molecule has 0 unspecified atom stereocenters. The van der Waals surface area contributed by atoms with E-state index in [-0.39, 0.29) is 23.4 Å². The standard InChI is InChI=1S/C23H27N3O2S/c1-23(2,3)19-9-13-22(14-10-19)29(27,28)26(17-21-6-4-5-15-25-21)16-18-7-11-20(24)12-8-18/h4-15H,16-17,24H2,1-3H3. The molecule has 0 aliphatic carbocycles. The van der Waals surface area contributed by atoms with E-state index in [1.54, 1.807) is 30.5 Å². The van der Waals surface area contributed by atoms with E-state index in [9.17, 15) is 8.42 Å². The summed E-state index contributed by atoms with van der Waals surface area (Å²) in [6.07, 6.45) is 1.67. The average Bonchev–Trinajstić information content (AvgIpc) is 2.69. The van der Waals surface area contributed by atoms with Gasteiger partial charge in [0.15, 0.2) is 0 Å². The minimum absolute atomic E-state index is 0.0418. The fourth-order valence-electron chi connectivity index (χ4n) is 3.00. The van der Waals surface area contributed by atoms with Crippen LogP contribution in [0.4, 0.5) is 5.69 Å². The second kappa shape index (κ2) is 8.35. The summed E-state index contributed by atoms with van der Waals surface area (Å²) in [4.78, 5) is 4.58. The van der Waals surface area contributed by atoms with Crippen LogP contribution in [0.1, 0.15) is 37.6 Å². The lowest BCUT2D eigenvalue weighted by molar-refractivity contribution is 0.397. The van der Waals surface area contributed by atoms with Gasteiger partial charge >= 0.3 is 0 Å². The Kier molecular flexibility index (Phi) is 6.05. The van der Waals surface area contributed by atoms with Crippen molar-refractivity contribution in [2.24, 2.45) is 0 Å². The lowest BCUT2D eigenvalue weighted by Crippen LogP contribution is -2.30. The third-order valence-corrected chi connectivity index (χ3v) is 6.57. The van der Waals surface area contributed by atoms with Crippen molar-refractivity contribution < 1.29 is 8.42 Å². The number of nitrogens with zero attached hydrogens (tertiary/aromatic N) is 2. The molecule has 0 atom stereocenters. The van der Waals surface area contributed by atoms with Gasteiger partial charge in [0.25, 0.3) is 0 Å². The van der Waals surface area contributed by atoms with Gasteiger partial charge in [0.05, 0.1) is 17.1 Å². The molecule has 3 aromatic rings. The first-order valence-corrected chi connectivity index (χ1v) is 11.0. The number of anilines is 1. The van der Waals surface area contributed by atoms with E-state index in [0.717, 1.165) is 11.1 Å². The Labute approximate surface area is 173 Å². The lowest BCUT2D eigenvalue weighted by Gasteiger charge is -2.23. The Bertz CT molecular complexity index is 1040. The highest BCUT2D eigenvalue weighted by Crippen LogP contribution is 2.26. The number of sulfonamides is 1. The third kappa shape index (κ3) is 5.22. The Morgan fingerprint density at radius 2 is 1.55 bits per heavy atom. The molecule has 0 radical (unpaired) electrons. The summed E-state index contributed by atoms with van der Waals surface area (Å²) in [5, 5.41) is 0. The van der Waals surface area contributed by atoms with Crippen LogP contribution >= 0.6 is 0 Å². The van der Waals surface area contributed by atoms with E-state index < -0.39 is 10.0 Å². The third-order valence-electron chi connectivity index (χ3n) is 4.76. The summed E-state index contributed by atoms with van der Waals surface area (Å²) in [7, 11) is -3.71. The fraction of sp³-hybridized carbons (Fsp3) is 0.261. The fourth-order valence-corrected chi connectivity index (χ4v) is 4.40. The minimum Gasteiger partial charge on any atom is -0.399 e. The van der Waals surface area contributed by atoms with Gasteiger partial charge in [-0.05, 0) is 52.9 Å². The topological polar surface area (TPSA) is 76.3 Å². The van der Waals surface area contributed by atoms with Crippen LogP contribution in [0.25, 0.3) is 0 Å². The molecule has 0 amide bonds. The van der Waals surface area contributed by atoms with Gasteiger partial charge in [-0.15, -0.1) is 0 Å². The minimum atomic E-state index is -3.71. The molecule has 29 heavy (non-hydrogen) atoms. The molecule has 5 nitrogen and oxygen atoms in total. The van der Waals surface area contributed by atoms with Gasteiger partial charge < -0.3 is 5.73 Å². The zero-order valence-electron chi connectivity index (χ0n) is 17.0. The first-order chi connectivity index (χ1) is 13.7. The Morgan fingerprint density at radius 3 is 2.10 bits per heavy atom. The molecule has 0 saturated heterocycles. The number of hydrogen-bond acceptors (Lipinski definition) is 4. The van der Waals surface area contributed by atoms with Crippen molar-refractivity contribution in [2.75, 3.05) is 5.73 Å². The van der Waals surface area contributed by atoms with Crippen LogP contribution in [-0.2, 0) is 28.5 Å². The predicted molar refractivity (Wildman–Crippen MR) is 117 cm³/mol. The van der Waals surface area contributed by atoms with Crippen molar-refractivity contribution in [3.63, 3.8) is 0 Å². The highest BCUT2D eigenvalue weighted by Gasteiger charge is 2.26. The van der Waals surface area contributed by atoms with Gasteiger partial charge in [0.2, 0.25) is 10.0 Å². The molecular formula is C23H27N3O2S. The molecule has 0 fully saturated rings. The predicted octanol–water partition coefficient (Wildman–Crippen LogP) is 4.35. The van der Waals surface area contributed by atoms with E-state index in [2.05, 4.69) is 25.8 Å². The Hall–Kier alpha value is -2.70. The Morgan fingerprint density at radius 1 is 0.897 bits per heavy atom. The van der Waals surface area contributed by atoms with E-state index in [0.29, 0.717) is 11.4 Å². The van der Waals surface area contributed by atoms with Crippen molar-refractivity contribution in [3.8, 4) is 0 Å². The number of rotatable bonds is 6. The SMILES string of the molecule is CC(C)(C)c1ccc(S(=O)(=O)N(Cc2ccc(N)cc2)Cc2ccccn2)cc1. The van der Waals surface area contributed by atoms with Crippen LogP contribution in [0.3, 0.4) is 0 Å². The monoisotopic (exact) mass is 409 g/mol. The summed E-state index contributed by atoms with van der Waals surface area (Å²) in [6, 6.07) is 19.9. The molecule has 2 N–H and O–H groups in total. The first-order valence-electron chi connectivity index (χ1n) is 9.51. The van der Waals surface area contributed by atoms with Crippen molar-refractivity contribution in [1.82, 2.24) is 9.29 Å². The zero-order valence-corrected chi connectivity index (χ0v) is 17.9. The molecule has 1 heterocycles. The number of benzene rings is 2. The number of aromatic nitrogens is 1. The van der Waals surface area contributed by atoms with Crippen LogP contribution in [0.5, 0.6) is 0 Å². The molecule has 0 aliphatic heterocycles. The second-order valence-corrected chi connectivity index (χ2v) is 10.0. The van der Waals surface area contributed by atoms with Gasteiger partial charge in [-0.1, -0.05) is 51.1 Å². The number of hydrogen-bond donors (Lipinski definition) is 1.